The number of fused-ring (bicyclic) bond motifs is 4. The van der Waals surface area contributed by atoms with E-state index in [0.717, 1.165) is 6.07 Å². The molecule has 0 aliphatic heterocycles. The number of non-ortho nitro benzene ring substituents is 2. The number of ketones is 1. The lowest BCUT2D eigenvalue weighted by atomic mass is 9.80. The van der Waals surface area contributed by atoms with E-state index in [1.54, 1.807) is 36.5 Å². The van der Waals surface area contributed by atoms with Crippen LogP contribution in [0.5, 0.6) is 0 Å². The predicted molar refractivity (Wildman–Crippen MR) is 101 cm³/mol. The molecule has 0 saturated carbocycles. The minimum absolute atomic E-state index is 0.129. The third-order valence-corrected chi connectivity index (χ3v) is 5.06. The summed E-state index contributed by atoms with van der Waals surface area (Å²) in [5.74, 6) is -0.332. The van der Waals surface area contributed by atoms with Crippen LogP contribution in [0.4, 0.5) is 11.4 Å². The Hall–Kier alpha value is -4.20. The number of carbonyl (C=O) groups excluding carboxylic acids is 1. The molecule has 1 aliphatic carbocycles. The van der Waals surface area contributed by atoms with Gasteiger partial charge in [0.25, 0.3) is 11.4 Å². The van der Waals surface area contributed by atoms with Crippen LogP contribution in [-0.4, -0.2) is 20.6 Å². The lowest BCUT2D eigenvalue weighted by Crippen LogP contribution is -2.12. The normalized spacial score (nSPS) is 12.2. The Labute approximate surface area is 156 Å². The Balaban J connectivity index is 2.02. The molecule has 134 valence electrons. The summed E-state index contributed by atoms with van der Waals surface area (Å²) in [7, 11) is 0. The summed E-state index contributed by atoms with van der Waals surface area (Å²) in [5, 5.41) is 23.8. The maximum absolute atomic E-state index is 13.3. The summed E-state index contributed by atoms with van der Waals surface area (Å²) in [6.45, 7) is 0. The highest BCUT2D eigenvalue weighted by atomic mass is 16.6. The fraction of sp³-hybridized carbons (Fsp3) is 0. The molecule has 0 N–H and O–H groups in total. The van der Waals surface area contributed by atoms with E-state index in [2.05, 4.69) is 4.98 Å². The van der Waals surface area contributed by atoms with Crippen LogP contribution in [0.1, 0.15) is 15.9 Å². The molecular weight excluding hydrogens is 362 g/mol. The van der Waals surface area contributed by atoms with Gasteiger partial charge in [0.2, 0.25) is 0 Å². The van der Waals surface area contributed by atoms with E-state index in [1.165, 1.54) is 12.1 Å². The standard InChI is InChI=1S/C20H9N3O5/c24-20-13-5-8-16(23(27)28)19-15(22(25)26)7-4-10(17(13)19)11-3-6-14-12(18(11)20)2-1-9-21-14/h1-9H. The first-order chi connectivity index (χ1) is 13.5. The number of hydrogen-bond donors (Lipinski definition) is 0. The summed E-state index contributed by atoms with van der Waals surface area (Å²) in [6, 6.07) is 12.3. The van der Waals surface area contributed by atoms with Gasteiger partial charge in [-0.3, -0.25) is 30.0 Å². The zero-order valence-corrected chi connectivity index (χ0v) is 14.1. The molecule has 5 rings (SSSR count). The second kappa shape index (κ2) is 5.40. The highest BCUT2D eigenvalue weighted by Crippen LogP contribution is 2.46. The summed E-state index contributed by atoms with van der Waals surface area (Å²) < 4.78 is 0. The molecule has 1 aliphatic rings. The summed E-state index contributed by atoms with van der Waals surface area (Å²) in [6.07, 6.45) is 1.63. The molecule has 1 aromatic heterocycles. The molecule has 8 heteroatoms. The first-order valence-corrected chi connectivity index (χ1v) is 8.30. The highest BCUT2D eigenvalue weighted by Gasteiger charge is 2.33. The zero-order chi connectivity index (χ0) is 19.6. The van der Waals surface area contributed by atoms with Gasteiger partial charge < -0.3 is 0 Å². The van der Waals surface area contributed by atoms with Gasteiger partial charge in [-0.25, -0.2) is 0 Å². The molecule has 0 amide bonds. The molecule has 8 nitrogen and oxygen atoms in total. The van der Waals surface area contributed by atoms with Crippen LogP contribution in [0.25, 0.3) is 32.8 Å². The van der Waals surface area contributed by atoms with E-state index < -0.39 is 21.2 Å². The van der Waals surface area contributed by atoms with Crippen molar-refractivity contribution in [1.82, 2.24) is 4.98 Å². The predicted octanol–water partition coefficient (Wildman–Crippen LogP) is 4.42. The Morgan fingerprint density at radius 2 is 1.39 bits per heavy atom. The van der Waals surface area contributed by atoms with Crippen LogP contribution in [0, 0.1) is 20.2 Å². The van der Waals surface area contributed by atoms with E-state index >= 15 is 0 Å². The van der Waals surface area contributed by atoms with Crippen LogP contribution >= 0.6 is 0 Å². The Bertz CT molecular complexity index is 1370. The molecule has 0 bridgehead atoms. The molecule has 0 unspecified atom stereocenters. The van der Waals surface area contributed by atoms with Gasteiger partial charge in [-0.1, -0.05) is 12.1 Å². The fourth-order valence-corrected chi connectivity index (χ4v) is 3.93. The lowest BCUT2D eigenvalue weighted by Gasteiger charge is -2.21. The quantitative estimate of drug-likeness (QED) is 0.335. The van der Waals surface area contributed by atoms with Gasteiger partial charge in [0, 0.05) is 40.2 Å². The van der Waals surface area contributed by atoms with Gasteiger partial charge >= 0.3 is 0 Å². The maximum atomic E-state index is 13.3. The first kappa shape index (κ1) is 16.0. The number of nitro groups is 2. The first-order valence-electron chi connectivity index (χ1n) is 8.30. The Morgan fingerprint density at radius 3 is 2.07 bits per heavy atom. The Morgan fingerprint density at radius 1 is 0.750 bits per heavy atom. The van der Waals surface area contributed by atoms with Gasteiger partial charge in [-0.2, -0.15) is 0 Å². The number of rotatable bonds is 2. The van der Waals surface area contributed by atoms with Gasteiger partial charge in [0.05, 0.1) is 15.4 Å². The average molecular weight is 371 g/mol. The average Bonchev–Trinajstić information content (AvgIpc) is 2.70. The van der Waals surface area contributed by atoms with Crippen molar-refractivity contribution in [1.29, 1.82) is 0 Å². The van der Waals surface area contributed by atoms with Crippen LogP contribution < -0.4 is 0 Å². The number of hydrogen-bond acceptors (Lipinski definition) is 6. The number of nitro benzene ring substituents is 2. The number of benzene rings is 3. The van der Waals surface area contributed by atoms with Crippen molar-refractivity contribution < 1.29 is 14.6 Å². The topological polar surface area (TPSA) is 116 Å². The van der Waals surface area contributed by atoms with Gasteiger partial charge in [-0.15, -0.1) is 0 Å². The largest absolute Gasteiger partial charge is 0.289 e. The number of pyridine rings is 1. The van der Waals surface area contributed by atoms with Gasteiger partial charge in [0.1, 0.15) is 5.39 Å². The Kier molecular flexibility index (Phi) is 3.09. The van der Waals surface area contributed by atoms with Crippen molar-refractivity contribution >= 4 is 38.8 Å². The minimum Gasteiger partial charge on any atom is -0.289 e. The molecule has 0 saturated heterocycles. The summed E-state index contributed by atoms with van der Waals surface area (Å²) >= 11 is 0. The third-order valence-electron chi connectivity index (χ3n) is 5.06. The molecule has 4 aromatic rings. The van der Waals surface area contributed by atoms with E-state index in [9.17, 15) is 25.0 Å². The zero-order valence-electron chi connectivity index (χ0n) is 14.1. The highest BCUT2D eigenvalue weighted by molar-refractivity contribution is 6.31. The fourth-order valence-electron chi connectivity index (χ4n) is 3.93. The molecule has 0 spiro atoms. The van der Waals surface area contributed by atoms with Crippen LogP contribution in [0.15, 0.2) is 54.7 Å². The maximum Gasteiger partial charge on any atom is 0.284 e. The van der Waals surface area contributed by atoms with Crippen molar-refractivity contribution in [3.05, 3.63) is 86.1 Å². The van der Waals surface area contributed by atoms with Crippen molar-refractivity contribution in [3.8, 4) is 11.1 Å². The molecule has 3 aromatic carbocycles. The summed E-state index contributed by atoms with van der Waals surface area (Å²) in [4.78, 5) is 39.3. The number of carbonyl (C=O) groups is 1. The van der Waals surface area contributed by atoms with Crippen LogP contribution in [-0.2, 0) is 0 Å². The molecule has 0 radical (unpaired) electrons. The molecule has 0 atom stereocenters. The van der Waals surface area contributed by atoms with Crippen molar-refractivity contribution in [2.24, 2.45) is 0 Å². The van der Waals surface area contributed by atoms with E-state index in [4.69, 9.17) is 0 Å². The molecular formula is C20H9N3O5. The van der Waals surface area contributed by atoms with E-state index in [0.29, 0.717) is 27.6 Å². The second-order valence-electron chi connectivity index (χ2n) is 6.42. The van der Waals surface area contributed by atoms with Gasteiger partial charge in [0.15, 0.2) is 5.78 Å². The monoisotopic (exact) mass is 371 g/mol. The van der Waals surface area contributed by atoms with Crippen molar-refractivity contribution in [2.75, 3.05) is 0 Å². The molecule has 0 fully saturated rings. The van der Waals surface area contributed by atoms with Crippen LogP contribution in [0.3, 0.4) is 0 Å². The lowest BCUT2D eigenvalue weighted by molar-refractivity contribution is -0.390. The van der Waals surface area contributed by atoms with Crippen molar-refractivity contribution in [3.63, 3.8) is 0 Å². The summed E-state index contributed by atoms with van der Waals surface area (Å²) in [5.41, 5.74) is 1.65. The minimum atomic E-state index is -0.666. The molecule has 1 heterocycles. The van der Waals surface area contributed by atoms with Crippen molar-refractivity contribution in [2.45, 2.75) is 0 Å². The van der Waals surface area contributed by atoms with E-state index in [-0.39, 0.29) is 22.1 Å². The second-order valence-corrected chi connectivity index (χ2v) is 6.42. The smallest absolute Gasteiger partial charge is 0.284 e. The van der Waals surface area contributed by atoms with Crippen LogP contribution in [0.2, 0.25) is 0 Å². The van der Waals surface area contributed by atoms with Gasteiger partial charge in [-0.05, 0) is 35.4 Å². The number of nitrogens with zero attached hydrogens (tertiary/aromatic N) is 3. The number of aromatic nitrogens is 1. The third kappa shape index (κ3) is 1.94. The van der Waals surface area contributed by atoms with E-state index in [1.807, 2.05) is 0 Å². The SMILES string of the molecule is O=C1c2c(ccc3ncccc23)-c2ccc([N+](=O)[O-])c3c([N+](=O)[O-])ccc1c23. The molecule has 28 heavy (non-hydrogen) atoms.